The molecule has 10 heteroatoms. The number of carbonyl (C=O) groups excluding carboxylic acids is 3. The third kappa shape index (κ3) is 18.0. The molecular weight excluding hydrogens is 624 g/mol. The van der Waals surface area contributed by atoms with Crippen molar-refractivity contribution in [3.63, 3.8) is 0 Å². The Labute approximate surface area is 293 Å². The summed E-state index contributed by atoms with van der Waals surface area (Å²) in [5.74, 6) is 2.16. The molecule has 49 heavy (non-hydrogen) atoms. The quantitative estimate of drug-likeness (QED) is 0.0332. The van der Waals surface area contributed by atoms with Crippen LogP contribution in [0.25, 0.3) is 0 Å². The number of hydrogen-bond acceptors (Lipinski definition) is 7. The standard InChI is InChI=1S/C39H60N2O8/c1-5-9-11-14-17-20-32(42)21-18-15-12-13-16-19-22-34(39(47,27-7-3)38(45)46)36(43)40-35(37(44)41-49-28-8-4)30-31-23-25-33(26-24-31)48-29-10-6-2/h19,22-26,34-35,47H,5,7-9,11-18,20-21,27-30H2,1-4H3,(H,40,43)(H,41,44)(H,45,46)/t34-,35+,39+/m1/s1. The average Bonchev–Trinajstić information content (AvgIpc) is 3.08. The summed E-state index contributed by atoms with van der Waals surface area (Å²) in [5.41, 5.74) is 0.716. The van der Waals surface area contributed by atoms with Crippen molar-refractivity contribution >= 4 is 23.6 Å². The topological polar surface area (TPSA) is 151 Å². The Morgan fingerprint density at radius 1 is 0.878 bits per heavy atom. The second kappa shape index (κ2) is 26.2. The van der Waals surface area contributed by atoms with E-state index in [-0.39, 0.29) is 26.1 Å². The first-order chi connectivity index (χ1) is 23.6. The number of benzene rings is 1. The number of carboxylic acids is 1. The van der Waals surface area contributed by atoms with E-state index >= 15 is 0 Å². The minimum Gasteiger partial charge on any atom is -0.481 e. The molecular formula is C39H60N2O8. The van der Waals surface area contributed by atoms with Crippen molar-refractivity contribution < 1.29 is 39.0 Å². The van der Waals surface area contributed by atoms with Crippen LogP contribution in [0.3, 0.4) is 0 Å². The van der Waals surface area contributed by atoms with Crippen molar-refractivity contribution in [2.24, 2.45) is 5.92 Å². The number of Topliss-reactive ketones (excluding diaryl/α,β-unsaturated/α-hetero) is 1. The maximum absolute atomic E-state index is 13.7. The van der Waals surface area contributed by atoms with Gasteiger partial charge in [-0.1, -0.05) is 95.9 Å². The summed E-state index contributed by atoms with van der Waals surface area (Å²) in [7, 11) is 0. The van der Waals surface area contributed by atoms with Crippen molar-refractivity contribution in [2.45, 2.75) is 142 Å². The highest BCUT2D eigenvalue weighted by Crippen LogP contribution is 2.27. The number of carboxylic acid groups (broad SMARTS) is 1. The monoisotopic (exact) mass is 684 g/mol. The van der Waals surface area contributed by atoms with Crippen LogP contribution in [0.1, 0.15) is 130 Å². The molecule has 1 aromatic carbocycles. The van der Waals surface area contributed by atoms with Gasteiger partial charge in [-0.15, -0.1) is 5.92 Å². The molecule has 0 saturated carbocycles. The van der Waals surface area contributed by atoms with Crippen molar-refractivity contribution in [3.05, 3.63) is 42.0 Å². The number of unbranched alkanes of at least 4 members (excludes halogenated alkanes) is 8. The molecule has 0 saturated heterocycles. The normalized spacial score (nSPS) is 13.5. The fraction of sp³-hybridized carbons (Fsp3) is 0.641. The number of rotatable bonds is 28. The minimum atomic E-state index is -2.37. The maximum Gasteiger partial charge on any atom is 0.336 e. The zero-order valence-electron chi connectivity index (χ0n) is 30.2. The first-order valence-corrected chi connectivity index (χ1v) is 18.1. The van der Waals surface area contributed by atoms with Crippen molar-refractivity contribution in [1.82, 2.24) is 10.8 Å². The zero-order chi connectivity index (χ0) is 36.3. The molecule has 0 fully saturated rings. The Bertz CT molecular complexity index is 1200. The van der Waals surface area contributed by atoms with Crippen LogP contribution in [-0.4, -0.2) is 58.6 Å². The van der Waals surface area contributed by atoms with Gasteiger partial charge in [0, 0.05) is 19.3 Å². The van der Waals surface area contributed by atoms with E-state index in [1.807, 2.05) is 6.92 Å². The molecule has 0 aliphatic rings. The molecule has 2 amide bonds. The van der Waals surface area contributed by atoms with Gasteiger partial charge >= 0.3 is 5.97 Å². The highest BCUT2D eigenvalue weighted by Gasteiger charge is 2.46. The summed E-state index contributed by atoms with van der Waals surface area (Å²) in [6, 6.07) is 5.89. The number of ether oxygens (including phenoxy) is 1. The van der Waals surface area contributed by atoms with Gasteiger partial charge in [-0.2, -0.15) is 0 Å². The van der Waals surface area contributed by atoms with Crippen LogP contribution < -0.4 is 15.5 Å². The maximum atomic E-state index is 13.7. The molecule has 274 valence electrons. The first kappa shape index (κ1) is 43.3. The van der Waals surface area contributed by atoms with E-state index in [0.717, 1.165) is 38.5 Å². The van der Waals surface area contributed by atoms with Gasteiger partial charge in [0.15, 0.2) is 5.60 Å². The van der Waals surface area contributed by atoms with Crippen LogP contribution in [0.5, 0.6) is 5.75 Å². The third-order valence-corrected chi connectivity index (χ3v) is 8.23. The second-order valence-corrected chi connectivity index (χ2v) is 12.5. The van der Waals surface area contributed by atoms with Crippen molar-refractivity contribution in [2.75, 3.05) is 13.2 Å². The van der Waals surface area contributed by atoms with E-state index in [9.17, 15) is 29.4 Å². The molecule has 0 heterocycles. The van der Waals surface area contributed by atoms with Crippen molar-refractivity contribution in [1.29, 1.82) is 0 Å². The number of hydrogen-bond donors (Lipinski definition) is 4. The van der Waals surface area contributed by atoms with Gasteiger partial charge in [0.25, 0.3) is 5.91 Å². The number of hydroxylamine groups is 1. The minimum absolute atomic E-state index is 0.0825. The molecule has 1 rings (SSSR count). The van der Waals surface area contributed by atoms with E-state index in [0.29, 0.717) is 49.2 Å². The van der Waals surface area contributed by atoms with Crippen molar-refractivity contribution in [3.8, 4) is 17.6 Å². The fourth-order valence-electron chi connectivity index (χ4n) is 5.38. The van der Waals surface area contributed by atoms with Crippen LogP contribution in [0.15, 0.2) is 36.4 Å². The van der Waals surface area contributed by atoms with Gasteiger partial charge in [-0.3, -0.25) is 19.2 Å². The Balaban J connectivity index is 2.93. The van der Waals surface area contributed by atoms with Gasteiger partial charge < -0.3 is 20.3 Å². The summed E-state index contributed by atoms with van der Waals surface area (Å²) in [6.45, 7) is 8.03. The molecule has 1 aromatic rings. The predicted octanol–water partition coefficient (Wildman–Crippen LogP) is 6.63. The van der Waals surface area contributed by atoms with Gasteiger partial charge in [-0.05, 0) is 63.1 Å². The molecule has 0 aromatic heterocycles. The predicted molar refractivity (Wildman–Crippen MR) is 192 cm³/mol. The van der Waals surface area contributed by atoms with Gasteiger partial charge in [0.1, 0.15) is 24.2 Å². The number of carbonyl (C=O) groups is 4. The van der Waals surface area contributed by atoms with Crippen LogP contribution >= 0.6 is 0 Å². The van der Waals surface area contributed by atoms with E-state index in [2.05, 4.69) is 29.6 Å². The van der Waals surface area contributed by atoms with E-state index in [1.165, 1.54) is 25.3 Å². The van der Waals surface area contributed by atoms with Crippen LogP contribution in [-0.2, 0) is 30.4 Å². The van der Waals surface area contributed by atoms with Crippen LogP contribution in [0.2, 0.25) is 0 Å². The Morgan fingerprint density at radius 2 is 1.53 bits per heavy atom. The Hall–Kier alpha value is -3.68. The number of amides is 2. The molecule has 10 nitrogen and oxygen atoms in total. The largest absolute Gasteiger partial charge is 0.481 e. The van der Waals surface area contributed by atoms with Crippen LogP contribution in [0, 0.1) is 17.8 Å². The summed E-state index contributed by atoms with van der Waals surface area (Å²) in [4.78, 5) is 56.6. The molecule has 3 atom stereocenters. The number of ketones is 1. The molecule has 0 spiro atoms. The lowest BCUT2D eigenvalue weighted by atomic mass is 9.82. The molecule has 0 radical (unpaired) electrons. The summed E-state index contributed by atoms with van der Waals surface area (Å²) in [5, 5.41) is 24.0. The number of aliphatic hydroxyl groups is 1. The van der Waals surface area contributed by atoms with Gasteiger partial charge in [-0.25, -0.2) is 10.3 Å². The van der Waals surface area contributed by atoms with E-state index in [1.54, 1.807) is 44.2 Å². The highest BCUT2D eigenvalue weighted by molar-refractivity contribution is 5.93. The highest BCUT2D eigenvalue weighted by atomic mass is 16.6. The van der Waals surface area contributed by atoms with E-state index in [4.69, 9.17) is 9.57 Å². The summed E-state index contributed by atoms with van der Waals surface area (Å²) < 4.78 is 5.56. The van der Waals surface area contributed by atoms with Gasteiger partial charge in [0.2, 0.25) is 5.91 Å². The molecule has 4 N–H and O–H groups in total. The van der Waals surface area contributed by atoms with Gasteiger partial charge in [0.05, 0.1) is 12.5 Å². The number of allylic oxidation sites excluding steroid dienone is 1. The summed E-state index contributed by atoms with van der Waals surface area (Å²) >= 11 is 0. The average molecular weight is 685 g/mol. The Kier molecular flexibility index (Phi) is 23.2. The third-order valence-electron chi connectivity index (χ3n) is 8.23. The number of nitrogens with one attached hydrogen (secondary N) is 2. The zero-order valence-corrected chi connectivity index (χ0v) is 30.2. The molecule has 0 aliphatic heterocycles. The smallest absolute Gasteiger partial charge is 0.336 e. The lowest BCUT2D eigenvalue weighted by molar-refractivity contribution is -0.167. The lowest BCUT2D eigenvalue weighted by Crippen LogP contribution is -2.56. The van der Waals surface area contributed by atoms with E-state index < -0.39 is 35.3 Å². The molecule has 0 unspecified atom stereocenters. The summed E-state index contributed by atoms with van der Waals surface area (Å²) in [6.07, 6.45) is 15.0. The molecule has 0 bridgehead atoms. The molecule has 0 aliphatic carbocycles. The number of aliphatic carboxylic acids is 1. The fourth-order valence-corrected chi connectivity index (χ4v) is 5.38. The SMILES string of the molecule is CC#CCOc1ccc(C[C@H](NC(=O)[C@@H](C=CCCCCCCC(=O)CCCCCCC)[C@@](O)(CCC)C(=O)O)C(=O)NOCCC)cc1. The second-order valence-electron chi connectivity index (χ2n) is 12.5. The van der Waals surface area contributed by atoms with Crippen LogP contribution in [0.4, 0.5) is 0 Å². The first-order valence-electron chi connectivity index (χ1n) is 18.1. The lowest BCUT2D eigenvalue weighted by Gasteiger charge is -2.31. The Morgan fingerprint density at radius 3 is 2.12 bits per heavy atom.